The highest BCUT2D eigenvalue weighted by Gasteiger charge is 2.23. The van der Waals surface area contributed by atoms with Gasteiger partial charge in [0.1, 0.15) is 6.04 Å². The maximum absolute atomic E-state index is 11.6. The third kappa shape index (κ3) is 3.78. The number of carbonyl (C=O) groups is 1. The van der Waals surface area contributed by atoms with Crippen LogP contribution in [0.4, 0.5) is 0 Å². The summed E-state index contributed by atoms with van der Waals surface area (Å²) in [5, 5.41) is 6.47. The van der Waals surface area contributed by atoms with Gasteiger partial charge in [-0.3, -0.25) is 4.79 Å². The number of hydrogen-bond donors (Lipinski definition) is 2. The normalized spacial score (nSPS) is 13.6. The molecule has 1 aliphatic rings. The summed E-state index contributed by atoms with van der Waals surface area (Å²) in [4.78, 5) is 14.3. The van der Waals surface area contributed by atoms with E-state index < -0.39 is 11.9 Å². The summed E-state index contributed by atoms with van der Waals surface area (Å²) in [7, 11) is 0. The van der Waals surface area contributed by atoms with Crippen molar-refractivity contribution in [1.29, 1.82) is 0 Å². The Morgan fingerprint density at radius 1 is 1.57 bits per heavy atom. The first-order valence-electron chi connectivity index (χ1n) is 6.26. The van der Waals surface area contributed by atoms with E-state index in [0.717, 1.165) is 0 Å². The topological polar surface area (TPSA) is 122 Å². The van der Waals surface area contributed by atoms with Gasteiger partial charge >= 0.3 is 0 Å². The third-order valence-electron chi connectivity index (χ3n) is 2.91. The summed E-state index contributed by atoms with van der Waals surface area (Å²) in [5.41, 5.74) is 14.3. The number of nitrogens with two attached hydrogens (primary N) is 1. The maximum Gasteiger partial charge on any atom is 0.239 e. The molecule has 8 nitrogen and oxygen atoms in total. The summed E-state index contributed by atoms with van der Waals surface area (Å²) < 4.78 is 11.3. The van der Waals surface area contributed by atoms with Crippen molar-refractivity contribution in [1.82, 2.24) is 5.32 Å². The van der Waals surface area contributed by atoms with Crippen molar-refractivity contribution < 1.29 is 14.3 Å². The van der Waals surface area contributed by atoms with E-state index in [1.807, 2.05) is 0 Å². The number of halogens is 1. The van der Waals surface area contributed by atoms with Crippen LogP contribution in [-0.2, 0) is 4.79 Å². The molecule has 9 heteroatoms. The molecule has 1 atom stereocenters. The molecule has 1 aromatic carbocycles. The molecule has 0 saturated carbocycles. The van der Waals surface area contributed by atoms with Gasteiger partial charge < -0.3 is 20.5 Å². The lowest BCUT2D eigenvalue weighted by atomic mass is 10.1. The second-order valence-electron chi connectivity index (χ2n) is 4.33. The minimum Gasteiger partial charge on any atom is -0.454 e. The van der Waals surface area contributed by atoms with Crippen molar-refractivity contribution in [2.45, 2.75) is 12.5 Å². The van der Waals surface area contributed by atoms with Crippen LogP contribution in [0.3, 0.4) is 0 Å². The lowest BCUT2D eigenvalue weighted by molar-refractivity contribution is -0.120. The molecule has 112 valence electrons. The number of carbonyl (C=O) groups excluding carboxylic acids is 1. The predicted octanol–water partition coefficient (Wildman–Crippen LogP) is 1.99. The van der Waals surface area contributed by atoms with Gasteiger partial charge in [0.2, 0.25) is 12.7 Å². The van der Waals surface area contributed by atoms with E-state index >= 15 is 0 Å². The maximum atomic E-state index is 11.6. The van der Waals surface area contributed by atoms with Crippen LogP contribution in [0.2, 0.25) is 0 Å². The van der Waals surface area contributed by atoms with Crippen LogP contribution in [0.15, 0.2) is 21.7 Å². The van der Waals surface area contributed by atoms with Crippen LogP contribution < -0.4 is 20.5 Å². The van der Waals surface area contributed by atoms with E-state index in [4.69, 9.17) is 20.7 Å². The predicted molar refractivity (Wildman–Crippen MR) is 78.8 cm³/mol. The molecule has 21 heavy (non-hydrogen) atoms. The second-order valence-corrected chi connectivity index (χ2v) is 5.19. The molecule has 0 bridgehead atoms. The molecular weight excluding hydrogens is 342 g/mol. The average Bonchev–Trinajstić information content (AvgIpc) is 2.91. The van der Waals surface area contributed by atoms with Crippen molar-refractivity contribution >= 4 is 21.8 Å². The number of fused-ring (bicyclic) bond motifs is 1. The Morgan fingerprint density at radius 3 is 3.10 bits per heavy atom. The number of amides is 1. The number of azide groups is 1. The number of rotatable bonds is 7. The van der Waals surface area contributed by atoms with Gasteiger partial charge in [-0.15, -0.1) is 0 Å². The fourth-order valence-corrected chi connectivity index (χ4v) is 2.55. The molecule has 1 unspecified atom stereocenters. The number of nitrogens with zero attached hydrogens (tertiary/aromatic N) is 3. The molecular formula is C12H14BrN5O3. The van der Waals surface area contributed by atoms with Crippen LogP contribution in [0.25, 0.3) is 10.4 Å². The highest BCUT2D eigenvalue weighted by atomic mass is 79.9. The quantitative estimate of drug-likeness (QED) is 0.336. The fourth-order valence-electron chi connectivity index (χ4n) is 1.98. The highest BCUT2D eigenvalue weighted by Crippen LogP contribution is 2.41. The number of benzene rings is 1. The van der Waals surface area contributed by atoms with Crippen molar-refractivity contribution in [2.75, 3.05) is 19.9 Å². The van der Waals surface area contributed by atoms with Crippen molar-refractivity contribution in [3.63, 3.8) is 0 Å². The van der Waals surface area contributed by atoms with Gasteiger partial charge in [0.05, 0.1) is 4.47 Å². The fraction of sp³-hybridized carbons (Fsp3) is 0.417. The van der Waals surface area contributed by atoms with E-state index in [1.165, 1.54) is 0 Å². The summed E-state index contributed by atoms with van der Waals surface area (Å²) >= 11 is 3.38. The summed E-state index contributed by atoms with van der Waals surface area (Å²) in [6.45, 7) is 1.01. The molecule has 2 rings (SSSR count). The smallest absolute Gasteiger partial charge is 0.239 e. The Kier molecular flexibility index (Phi) is 5.26. The van der Waals surface area contributed by atoms with Crippen molar-refractivity contribution in [3.8, 4) is 11.5 Å². The van der Waals surface area contributed by atoms with Gasteiger partial charge in [0.25, 0.3) is 0 Å². The Bertz CT molecular complexity index is 589. The zero-order valence-electron chi connectivity index (χ0n) is 11.1. The van der Waals surface area contributed by atoms with Gasteiger partial charge in [-0.1, -0.05) is 5.11 Å². The Morgan fingerprint density at radius 2 is 2.38 bits per heavy atom. The molecule has 0 saturated heterocycles. The van der Waals surface area contributed by atoms with E-state index in [1.54, 1.807) is 12.1 Å². The molecule has 0 radical (unpaired) electrons. The van der Waals surface area contributed by atoms with Crippen molar-refractivity contribution in [2.24, 2.45) is 10.8 Å². The first-order chi connectivity index (χ1) is 10.1. The highest BCUT2D eigenvalue weighted by molar-refractivity contribution is 9.10. The summed E-state index contributed by atoms with van der Waals surface area (Å²) in [6, 6.07) is 2.84. The zero-order valence-corrected chi connectivity index (χ0v) is 12.7. The first kappa shape index (κ1) is 15.4. The number of nitrogens with one attached hydrogen (secondary N) is 1. The summed E-state index contributed by atoms with van der Waals surface area (Å²) in [6.07, 6.45) is 0.611. The molecule has 0 aromatic heterocycles. The first-order valence-corrected chi connectivity index (χ1v) is 7.05. The number of primary amides is 1. The van der Waals surface area contributed by atoms with E-state index in [0.29, 0.717) is 41.0 Å². The Hall–Kier alpha value is -1.96. The standard InChI is InChI=1S/C12H14BrN5O3/c13-8-4-7(5-9-11(8)21-6-20-9)10(12(14)19)16-2-1-3-17-18-15/h4-5,10,16H,1-3,6H2,(H2,14,19). The van der Waals surface area contributed by atoms with Crippen LogP contribution in [0.5, 0.6) is 11.5 Å². The van der Waals surface area contributed by atoms with Crippen LogP contribution in [-0.4, -0.2) is 25.8 Å². The largest absolute Gasteiger partial charge is 0.454 e. The molecule has 1 aromatic rings. The Balaban J connectivity index is 2.09. The molecule has 1 amide bonds. The minimum absolute atomic E-state index is 0.151. The van der Waals surface area contributed by atoms with E-state index in [-0.39, 0.29) is 6.79 Å². The zero-order chi connectivity index (χ0) is 15.2. The SMILES string of the molecule is [N-]=[N+]=NCCCNC(C(N)=O)c1cc(Br)c2c(c1)OCO2. The lowest BCUT2D eigenvalue weighted by Crippen LogP contribution is -2.34. The molecule has 0 fully saturated rings. The lowest BCUT2D eigenvalue weighted by Gasteiger charge is -2.16. The molecule has 1 heterocycles. The van der Waals surface area contributed by atoms with Gasteiger partial charge in [-0.2, -0.15) is 0 Å². The van der Waals surface area contributed by atoms with E-state index in [2.05, 4.69) is 31.3 Å². The van der Waals surface area contributed by atoms with Crippen LogP contribution >= 0.6 is 15.9 Å². The number of ether oxygens (including phenoxy) is 2. The Labute approximate surface area is 129 Å². The number of hydrogen-bond acceptors (Lipinski definition) is 5. The van der Waals surface area contributed by atoms with Gasteiger partial charge in [0.15, 0.2) is 11.5 Å². The molecule has 3 N–H and O–H groups in total. The molecule has 1 aliphatic heterocycles. The minimum atomic E-state index is -0.651. The van der Waals surface area contributed by atoms with Crippen LogP contribution in [0.1, 0.15) is 18.0 Å². The van der Waals surface area contributed by atoms with Crippen molar-refractivity contribution in [3.05, 3.63) is 32.6 Å². The molecule has 0 spiro atoms. The average molecular weight is 356 g/mol. The van der Waals surface area contributed by atoms with Gasteiger partial charge in [0, 0.05) is 11.5 Å². The molecule has 0 aliphatic carbocycles. The summed E-state index contributed by atoms with van der Waals surface area (Å²) in [5.74, 6) is 0.691. The second kappa shape index (κ2) is 7.16. The van der Waals surface area contributed by atoms with Gasteiger partial charge in [-0.25, -0.2) is 0 Å². The third-order valence-corrected chi connectivity index (χ3v) is 3.50. The van der Waals surface area contributed by atoms with Crippen LogP contribution in [0, 0.1) is 0 Å². The van der Waals surface area contributed by atoms with Gasteiger partial charge in [-0.05, 0) is 52.1 Å². The monoisotopic (exact) mass is 355 g/mol. The van der Waals surface area contributed by atoms with E-state index in [9.17, 15) is 4.79 Å².